The van der Waals surface area contributed by atoms with E-state index in [4.69, 9.17) is 4.74 Å². The molecular weight excluding hydrogens is 454 g/mol. The van der Waals surface area contributed by atoms with Gasteiger partial charge in [-0.25, -0.2) is 18.7 Å². The van der Waals surface area contributed by atoms with Crippen molar-refractivity contribution in [3.8, 4) is 11.1 Å². The maximum atomic E-state index is 14.5. The van der Waals surface area contributed by atoms with Gasteiger partial charge in [0.15, 0.2) is 5.52 Å². The Balaban J connectivity index is 0.000000265. The molecule has 6 rings (SSSR count). The van der Waals surface area contributed by atoms with Crippen LogP contribution in [0, 0.1) is 18.6 Å². The Bertz CT molecular complexity index is 1410. The molecule has 0 bridgehead atoms. The number of hydrogen-bond donors (Lipinski definition) is 0. The first-order valence-electron chi connectivity index (χ1n) is 11.6. The van der Waals surface area contributed by atoms with Gasteiger partial charge in [0.05, 0.1) is 19.3 Å². The maximum absolute atomic E-state index is 14.5. The van der Waals surface area contributed by atoms with E-state index in [0.717, 1.165) is 12.1 Å². The molecule has 3 aromatic heterocycles. The third-order valence-corrected chi connectivity index (χ3v) is 6.25. The summed E-state index contributed by atoms with van der Waals surface area (Å²) < 4.78 is 36.7. The highest BCUT2D eigenvalue weighted by atomic mass is 19.1. The summed E-state index contributed by atoms with van der Waals surface area (Å²) >= 11 is 0. The molecule has 0 amide bonds. The number of nitrogens with zero attached hydrogens (tertiary/aromatic N) is 6. The van der Waals surface area contributed by atoms with Gasteiger partial charge in [0.1, 0.15) is 28.8 Å². The lowest BCUT2D eigenvalue weighted by atomic mass is 10.0. The molecule has 2 aliphatic rings. The van der Waals surface area contributed by atoms with Crippen LogP contribution >= 0.6 is 0 Å². The molecule has 182 valence electrons. The third-order valence-electron chi connectivity index (χ3n) is 6.25. The first-order valence-corrected chi connectivity index (χ1v) is 11.6. The van der Waals surface area contributed by atoms with Crippen LogP contribution in [0.3, 0.4) is 0 Å². The second-order valence-electron chi connectivity index (χ2n) is 8.69. The smallest absolute Gasteiger partial charge is 0.279 e. The molecule has 8 nitrogen and oxygen atoms in total. The Morgan fingerprint density at radius 2 is 1.80 bits per heavy atom. The zero-order valence-corrected chi connectivity index (χ0v) is 19.6. The Labute approximate surface area is 200 Å². The number of benzene rings is 1. The van der Waals surface area contributed by atoms with Crippen LogP contribution in [0.1, 0.15) is 24.7 Å². The Kier molecular flexibility index (Phi) is 6.29. The Hall–Kier alpha value is -3.66. The van der Waals surface area contributed by atoms with E-state index < -0.39 is 11.6 Å². The van der Waals surface area contributed by atoms with Crippen molar-refractivity contribution in [1.82, 2.24) is 24.3 Å². The average molecular weight is 481 g/mol. The van der Waals surface area contributed by atoms with Crippen LogP contribution in [0.25, 0.3) is 22.2 Å². The van der Waals surface area contributed by atoms with Crippen molar-refractivity contribution in [2.45, 2.75) is 25.8 Å². The number of aryl methyl sites for hydroxylation is 1. The fourth-order valence-corrected chi connectivity index (χ4v) is 4.03. The molecular formula is C25H26F2N6O2. The number of hydrogen-bond acceptors (Lipinski definition) is 6. The lowest BCUT2D eigenvalue weighted by Crippen LogP contribution is -2.37. The van der Waals surface area contributed by atoms with Crippen molar-refractivity contribution in [2.24, 2.45) is 7.05 Å². The van der Waals surface area contributed by atoms with Crippen molar-refractivity contribution < 1.29 is 13.5 Å². The average Bonchev–Trinajstić information content (AvgIpc) is 3.57. The molecule has 2 fully saturated rings. The van der Waals surface area contributed by atoms with E-state index in [1.165, 1.54) is 29.5 Å². The topological polar surface area (TPSA) is 78.1 Å². The zero-order chi connectivity index (χ0) is 24.5. The van der Waals surface area contributed by atoms with Gasteiger partial charge in [-0.05, 0) is 44.0 Å². The predicted molar refractivity (Wildman–Crippen MR) is 128 cm³/mol. The molecule has 0 spiro atoms. The van der Waals surface area contributed by atoms with Crippen molar-refractivity contribution in [3.63, 3.8) is 0 Å². The highest BCUT2D eigenvalue weighted by molar-refractivity contribution is 5.93. The molecule has 0 N–H and O–H groups in total. The van der Waals surface area contributed by atoms with Gasteiger partial charge in [0, 0.05) is 49.7 Å². The number of aromatic nitrogens is 5. The highest BCUT2D eigenvalue weighted by Crippen LogP contribution is 2.33. The molecule has 10 heteroatoms. The van der Waals surface area contributed by atoms with E-state index in [1.807, 2.05) is 28.0 Å². The summed E-state index contributed by atoms with van der Waals surface area (Å²) in [5, 5.41) is 4.09. The van der Waals surface area contributed by atoms with E-state index in [9.17, 15) is 13.6 Å². The molecule has 1 aliphatic heterocycles. The summed E-state index contributed by atoms with van der Waals surface area (Å²) in [6, 6.07) is 7.78. The van der Waals surface area contributed by atoms with Crippen LogP contribution in [0.5, 0.6) is 0 Å². The summed E-state index contributed by atoms with van der Waals surface area (Å²) in [5.74, 6) is -0.344. The van der Waals surface area contributed by atoms with Crippen molar-refractivity contribution in [3.05, 3.63) is 70.5 Å². The minimum Gasteiger partial charge on any atom is -0.378 e. The van der Waals surface area contributed by atoms with Crippen molar-refractivity contribution in [1.29, 1.82) is 0 Å². The van der Waals surface area contributed by atoms with Crippen LogP contribution < -0.4 is 10.5 Å². The van der Waals surface area contributed by atoms with Gasteiger partial charge >= 0.3 is 0 Å². The summed E-state index contributed by atoms with van der Waals surface area (Å²) in [5.41, 5.74) is 0.749. The zero-order valence-electron chi connectivity index (χ0n) is 19.6. The second-order valence-corrected chi connectivity index (χ2v) is 8.69. The molecule has 0 atom stereocenters. The van der Waals surface area contributed by atoms with E-state index in [2.05, 4.69) is 15.1 Å². The van der Waals surface area contributed by atoms with Gasteiger partial charge in [-0.15, -0.1) is 0 Å². The molecule has 4 aromatic rings. The largest absolute Gasteiger partial charge is 0.378 e. The highest BCUT2D eigenvalue weighted by Gasteiger charge is 2.23. The molecule has 35 heavy (non-hydrogen) atoms. The monoisotopic (exact) mass is 480 g/mol. The fraction of sp³-hybridized carbons (Fsp3) is 0.360. The number of ether oxygens (including phenoxy) is 1. The van der Waals surface area contributed by atoms with Crippen LogP contribution in [0.4, 0.5) is 14.6 Å². The maximum Gasteiger partial charge on any atom is 0.279 e. The normalized spacial score (nSPS) is 15.7. The van der Waals surface area contributed by atoms with Crippen LogP contribution in [0.2, 0.25) is 0 Å². The van der Waals surface area contributed by atoms with E-state index in [-0.39, 0.29) is 16.6 Å². The van der Waals surface area contributed by atoms with Crippen LogP contribution in [0.15, 0.2) is 47.5 Å². The van der Waals surface area contributed by atoms with Crippen LogP contribution in [-0.4, -0.2) is 50.6 Å². The van der Waals surface area contributed by atoms with Crippen molar-refractivity contribution in [2.75, 3.05) is 31.2 Å². The lowest BCUT2D eigenvalue weighted by Gasteiger charge is -2.28. The Morgan fingerprint density at radius 3 is 2.46 bits per heavy atom. The number of fused-ring (bicyclic) bond motifs is 1. The minimum atomic E-state index is -0.712. The van der Waals surface area contributed by atoms with Gasteiger partial charge < -0.3 is 9.64 Å². The fourth-order valence-electron chi connectivity index (χ4n) is 4.03. The van der Waals surface area contributed by atoms with Crippen LogP contribution in [-0.2, 0) is 11.8 Å². The number of pyridine rings is 1. The first kappa shape index (κ1) is 23.1. The van der Waals surface area contributed by atoms with Gasteiger partial charge in [0.2, 0.25) is 0 Å². The van der Waals surface area contributed by atoms with Crippen molar-refractivity contribution >= 4 is 16.9 Å². The number of rotatable bonds is 3. The molecule has 1 aliphatic carbocycles. The molecule has 0 unspecified atom stereocenters. The standard InChI is InChI=1S/C19H18F2N4O2.C6H8N2/c1-11-22-17-14(13-4-3-12(20)9-15(13)21)10-16(25-5-7-27-8-6-25)23-18(17)19(26)24(11)2;1-4-7-8(5-1)6-2-3-6/h3-4,9-10H,5-8H2,1-2H3;1,4-6H,2-3H2. The van der Waals surface area contributed by atoms with E-state index >= 15 is 0 Å². The molecule has 1 saturated heterocycles. The second kappa shape index (κ2) is 9.53. The summed E-state index contributed by atoms with van der Waals surface area (Å²) in [7, 11) is 1.62. The minimum absolute atomic E-state index is 0.158. The molecule has 4 heterocycles. The molecule has 0 radical (unpaired) electrons. The van der Waals surface area contributed by atoms with Gasteiger partial charge in [-0.1, -0.05) is 0 Å². The first-order chi connectivity index (χ1) is 16.9. The van der Waals surface area contributed by atoms with Gasteiger partial charge in [-0.2, -0.15) is 5.10 Å². The lowest BCUT2D eigenvalue weighted by molar-refractivity contribution is 0.122. The summed E-state index contributed by atoms with van der Waals surface area (Å²) in [6.07, 6.45) is 6.50. The van der Waals surface area contributed by atoms with Gasteiger partial charge in [-0.3, -0.25) is 14.0 Å². The van der Waals surface area contributed by atoms with E-state index in [0.29, 0.717) is 49.0 Å². The van der Waals surface area contributed by atoms with E-state index in [1.54, 1.807) is 20.0 Å². The number of morpholine rings is 1. The summed E-state index contributed by atoms with van der Waals surface area (Å²) in [4.78, 5) is 23.7. The molecule has 1 aromatic carbocycles. The number of halogens is 2. The SMILES string of the molecule is Cc1nc2c(-c3ccc(F)cc3F)cc(N3CCOCC3)nc2c(=O)n1C.c1cnn(C2CC2)c1. The quantitative estimate of drug-likeness (QED) is 0.446. The summed E-state index contributed by atoms with van der Waals surface area (Å²) in [6.45, 7) is 4.02. The Morgan fingerprint density at radius 1 is 1.03 bits per heavy atom. The van der Waals surface area contributed by atoms with Gasteiger partial charge in [0.25, 0.3) is 5.56 Å². The number of anilines is 1. The molecule has 1 saturated carbocycles. The predicted octanol–water partition coefficient (Wildman–Crippen LogP) is 3.64. The third kappa shape index (κ3) is 4.79.